The summed E-state index contributed by atoms with van der Waals surface area (Å²) in [6, 6.07) is 9.69. The quantitative estimate of drug-likeness (QED) is 0.885. The van der Waals surface area contributed by atoms with Crippen LogP contribution in [-0.4, -0.2) is 40.1 Å². The molecule has 3 rings (SSSR count). The highest BCUT2D eigenvalue weighted by Gasteiger charge is 2.30. The predicted molar refractivity (Wildman–Crippen MR) is 87.1 cm³/mol. The smallest absolute Gasteiger partial charge is 0.323 e. The first-order chi connectivity index (χ1) is 11.1. The molecule has 0 saturated carbocycles. The van der Waals surface area contributed by atoms with E-state index in [1.54, 1.807) is 4.90 Å². The average molecular weight is 331 g/mol. The summed E-state index contributed by atoms with van der Waals surface area (Å²) >= 11 is 1.35. The number of rotatable bonds is 4. The van der Waals surface area contributed by atoms with Crippen molar-refractivity contribution < 1.29 is 9.59 Å². The zero-order chi connectivity index (χ0) is 16.2. The number of primary amides is 1. The first-order valence-electron chi connectivity index (χ1n) is 7.33. The molecule has 1 atom stereocenters. The number of carbonyl (C=O) groups excluding carboxylic acids is 2. The molecule has 0 spiro atoms. The van der Waals surface area contributed by atoms with Gasteiger partial charge in [-0.15, -0.1) is 10.2 Å². The van der Waals surface area contributed by atoms with E-state index in [2.05, 4.69) is 15.5 Å². The predicted octanol–water partition coefficient (Wildman–Crippen LogP) is 1.47. The molecule has 1 aliphatic heterocycles. The summed E-state index contributed by atoms with van der Waals surface area (Å²) in [4.78, 5) is 24.9. The molecule has 8 heteroatoms. The van der Waals surface area contributed by atoms with Gasteiger partial charge >= 0.3 is 6.03 Å². The molecule has 2 aromatic rings. The first-order valence-corrected chi connectivity index (χ1v) is 8.15. The molecule has 0 aliphatic carbocycles. The van der Waals surface area contributed by atoms with Crippen LogP contribution in [0.1, 0.15) is 17.0 Å². The fourth-order valence-corrected chi connectivity index (χ4v) is 3.26. The van der Waals surface area contributed by atoms with Gasteiger partial charge in [-0.3, -0.25) is 10.1 Å². The Bertz CT molecular complexity index is 703. The molecule has 1 aromatic carbocycles. The molecule has 2 heterocycles. The van der Waals surface area contributed by atoms with Crippen LogP contribution in [0, 0.1) is 5.92 Å². The second-order valence-electron chi connectivity index (χ2n) is 5.43. The number of carbonyl (C=O) groups is 2. The molecular weight excluding hydrogens is 314 g/mol. The summed E-state index contributed by atoms with van der Waals surface area (Å²) in [6.07, 6.45) is 1.29. The van der Waals surface area contributed by atoms with Crippen LogP contribution in [0.5, 0.6) is 0 Å². The van der Waals surface area contributed by atoms with Crippen LogP contribution < -0.4 is 11.1 Å². The second-order valence-corrected chi connectivity index (χ2v) is 6.49. The molecular formula is C15H17N5O2S. The third-order valence-corrected chi connectivity index (χ3v) is 4.60. The van der Waals surface area contributed by atoms with E-state index in [4.69, 9.17) is 5.73 Å². The van der Waals surface area contributed by atoms with Crippen LogP contribution in [0.25, 0.3) is 0 Å². The highest BCUT2D eigenvalue weighted by atomic mass is 32.1. The SMILES string of the molecule is NC(=O)[C@H]1CCN(C(=O)Nc2nnc(Cc3ccccc3)s2)C1. The lowest BCUT2D eigenvalue weighted by Gasteiger charge is -2.15. The minimum Gasteiger partial charge on any atom is -0.369 e. The number of amides is 3. The van der Waals surface area contributed by atoms with Crippen molar-refractivity contribution in [2.24, 2.45) is 11.7 Å². The van der Waals surface area contributed by atoms with Gasteiger partial charge in [0.2, 0.25) is 11.0 Å². The summed E-state index contributed by atoms with van der Waals surface area (Å²) in [5.41, 5.74) is 6.42. The van der Waals surface area contributed by atoms with Crippen LogP contribution in [-0.2, 0) is 11.2 Å². The van der Waals surface area contributed by atoms with Gasteiger partial charge in [0, 0.05) is 19.5 Å². The van der Waals surface area contributed by atoms with Crippen LogP contribution in [0.15, 0.2) is 30.3 Å². The Balaban J connectivity index is 1.57. The zero-order valence-electron chi connectivity index (χ0n) is 12.4. The third-order valence-electron chi connectivity index (χ3n) is 3.76. The molecule has 3 amide bonds. The molecule has 1 aliphatic rings. The lowest BCUT2D eigenvalue weighted by atomic mass is 10.1. The lowest BCUT2D eigenvalue weighted by molar-refractivity contribution is -0.121. The van der Waals surface area contributed by atoms with Gasteiger partial charge in [0.25, 0.3) is 0 Å². The minimum absolute atomic E-state index is 0.260. The minimum atomic E-state index is -0.360. The van der Waals surface area contributed by atoms with E-state index >= 15 is 0 Å². The fourth-order valence-electron chi connectivity index (χ4n) is 2.49. The van der Waals surface area contributed by atoms with Gasteiger partial charge in [0.15, 0.2) is 0 Å². The largest absolute Gasteiger partial charge is 0.369 e. The summed E-state index contributed by atoms with van der Waals surface area (Å²) in [5, 5.41) is 12.1. The number of benzene rings is 1. The maximum Gasteiger partial charge on any atom is 0.323 e. The standard InChI is InChI=1S/C15H17N5O2S/c16-13(21)11-6-7-20(9-11)15(22)17-14-19-18-12(23-14)8-10-4-2-1-3-5-10/h1-5,11H,6-9H2,(H2,16,21)(H,17,19,22)/t11-/m0/s1. The van der Waals surface area contributed by atoms with Crippen molar-refractivity contribution in [2.45, 2.75) is 12.8 Å². The van der Waals surface area contributed by atoms with Crippen LogP contribution >= 0.6 is 11.3 Å². The Labute approximate surface area is 137 Å². The normalized spacial score (nSPS) is 17.2. The van der Waals surface area contributed by atoms with Gasteiger partial charge in [-0.25, -0.2) is 4.79 Å². The van der Waals surface area contributed by atoms with Crippen molar-refractivity contribution in [1.29, 1.82) is 0 Å². The fraction of sp³-hybridized carbons (Fsp3) is 0.333. The Morgan fingerprint density at radius 3 is 2.78 bits per heavy atom. The van der Waals surface area contributed by atoms with E-state index in [1.165, 1.54) is 11.3 Å². The number of anilines is 1. The Hall–Kier alpha value is -2.48. The second kappa shape index (κ2) is 6.74. The zero-order valence-corrected chi connectivity index (χ0v) is 13.3. The van der Waals surface area contributed by atoms with E-state index < -0.39 is 0 Å². The van der Waals surface area contributed by atoms with Crippen LogP contribution in [0.4, 0.5) is 9.93 Å². The van der Waals surface area contributed by atoms with Gasteiger partial charge in [-0.05, 0) is 12.0 Å². The Kier molecular flexibility index (Phi) is 4.52. The third kappa shape index (κ3) is 3.84. The number of nitrogens with two attached hydrogens (primary N) is 1. The number of nitrogens with zero attached hydrogens (tertiary/aromatic N) is 3. The molecule has 23 heavy (non-hydrogen) atoms. The molecule has 1 aromatic heterocycles. The van der Waals surface area contributed by atoms with Gasteiger partial charge in [0.1, 0.15) is 5.01 Å². The molecule has 120 valence electrons. The van der Waals surface area contributed by atoms with Crippen molar-refractivity contribution in [1.82, 2.24) is 15.1 Å². The summed E-state index contributed by atoms with van der Waals surface area (Å²) in [7, 11) is 0. The highest BCUT2D eigenvalue weighted by molar-refractivity contribution is 7.15. The Morgan fingerprint density at radius 1 is 1.30 bits per heavy atom. The molecule has 1 fully saturated rings. The van der Waals surface area contributed by atoms with Crippen molar-refractivity contribution in [3.8, 4) is 0 Å². The van der Waals surface area contributed by atoms with Gasteiger partial charge in [0.05, 0.1) is 5.92 Å². The van der Waals surface area contributed by atoms with Crippen LogP contribution in [0.2, 0.25) is 0 Å². The summed E-state index contributed by atoms with van der Waals surface area (Å²) in [6.45, 7) is 0.881. The first kappa shape index (κ1) is 15.4. The Morgan fingerprint density at radius 2 is 2.09 bits per heavy atom. The highest BCUT2D eigenvalue weighted by Crippen LogP contribution is 2.21. The summed E-state index contributed by atoms with van der Waals surface area (Å²) < 4.78 is 0. The average Bonchev–Trinajstić information content (AvgIpc) is 3.18. The van der Waals surface area contributed by atoms with Gasteiger partial charge in [-0.2, -0.15) is 0 Å². The number of hydrogen-bond donors (Lipinski definition) is 2. The monoisotopic (exact) mass is 331 g/mol. The molecule has 1 saturated heterocycles. The maximum atomic E-state index is 12.2. The number of nitrogens with one attached hydrogen (secondary N) is 1. The van der Waals surface area contributed by atoms with Crippen molar-refractivity contribution in [2.75, 3.05) is 18.4 Å². The molecule has 0 radical (unpaired) electrons. The van der Waals surface area contributed by atoms with Crippen LogP contribution in [0.3, 0.4) is 0 Å². The van der Waals surface area contributed by atoms with E-state index in [1.807, 2.05) is 30.3 Å². The van der Waals surface area contributed by atoms with Crippen molar-refractivity contribution in [3.63, 3.8) is 0 Å². The van der Waals surface area contributed by atoms with Gasteiger partial charge in [-0.1, -0.05) is 41.7 Å². The van der Waals surface area contributed by atoms with Crippen molar-refractivity contribution >= 4 is 28.4 Å². The van der Waals surface area contributed by atoms with E-state index in [-0.39, 0.29) is 17.9 Å². The summed E-state index contributed by atoms with van der Waals surface area (Å²) in [5.74, 6) is -0.620. The lowest BCUT2D eigenvalue weighted by Crippen LogP contribution is -2.34. The van der Waals surface area contributed by atoms with Crippen molar-refractivity contribution in [3.05, 3.63) is 40.9 Å². The number of hydrogen-bond acceptors (Lipinski definition) is 5. The molecule has 7 nitrogen and oxygen atoms in total. The number of likely N-dealkylation sites (tertiary alicyclic amines) is 1. The van der Waals surface area contributed by atoms with E-state index in [0.717, 1.165) is 10.6 Å². The molecule has 3 N–H and O–H groups in total. The number of aromatic nitrogens is 2. The number of urea groups is 1. The van der Waals surface area contributed by atoms with E-state index in [0.29, 0.717) is 31.1 Å². The maximum absolute atomic E-state index is 12.2. The van der Waals surface area contributed by atoms with Gasteiger partial charge < -0.3 is 10.6 Å². The molecule has 0 unspecified atom stereocenters. The van der Waals surface area contributed by atoms with E-state index in [9.17, 15) is 9.59 Å². The topological polar surface area (TPSA) is 101 Å². The molecule has 0 bridgehead atoms.